The zero-order valence-electron chi connectivity index (χ0n) is 28.4. The molecule has 6 heterocycles. The average molecular weight is 731 g/mol. The number of Topliss-reactive ketones (excluding diaryl/α,β-unsaturated/α-hetero) is 2. The SMILES string of the molecule is CC1=CC2C(=O)C3CCCC4OC5OC(CO)C(O)C(O)(CC67CCCC6C=C6CC(NC8NCCC7C68)SSCC2(C(=O)C43)C(O)=C1)C5O. The first-order valence-corrected chi connectivity index (χ1v) is 21.1. The van der Waals surface area contributed by atoms with Gasteiger partial charge in [-0.25, -0.2) is 0 Å². The summed E-state index contributed by atoms with van der Waals surface area (Å²) in [7, 11) is 3.20. The number of ether oxygens (including phenoxy) is 2. The van der Waals surface area contributed by atoms with E-state index in [1.165, 1.54) is 16.4 Å². The maximum absolute atomic E-state index is 15.0. The maximum atomic E-state index is 15.0. The van der Waals surface area contributed by atoms with E-state index in [2.05, 4.69) is 16.7 Å². The van der Waals surface area contributed by atoms with Crippen molar-refractivity contribution in [2.75, 3.05) is 18.9 Å². The highest BCUT2D eigenvalue weighted by Gasteiger charge is 2.67. The van der Waals surface area contributed by atoms with Crippen LogP contribution in [0.2, 0.25) is 0 Å². The highest BCUT2D eigenvalue weighted by molar-refractivity contribution is 8.76. The molecule has 6 aliphatic heterocycles. The molecule has 3 saturated carbocycles. The molecule has 0 aromatic rings. The van der Waals surface area contributed by atoms with Crippen LogP contribution in [0, 0.1) is 46.3 Å². The Bertz CT molecular complexity index is 1540. The standard InChI is InChI=1S/C37H50N2O9S2/c1-17-10-22-29(42)20-5-2-6-23-28(20)31(44)36(22,25(41)11-17)16-49-50-26-13-18-12-19-4-3-8-35(19,21-7-9-38-33(39-26)27(18)21)15-37(46)30(43)24(14-40)48-34(47-23)32(37)45/h10-12,19-24,26-28,30,32-34,38-41,43,45-46H,2-9,13-16H2,1H3. The van der Waals surface area contributed by atoms with E-state index in [0.29, 0.717) is 19.3 Å². The fourth-order valence-corrected chi connectivity index (χ4v) is 15.2. The number of hydrogen-bond acceptors (Lipinski definition) is 13. The highest BCUT2D eigenvalue weighted by Crippen LogP contribution is 2.64. The number of carbonyl (C=O) groups excluding carboxylic acids is 2. The number of allylic oxidation sites excluding steroid dienone is 5. The third-order valence-electron chi connectivity index (χ3n) is 14.4. The molecule has 50 heavy (non-hydrogen) atoms. The lowest BCUT2D eigenvalue weighted by Gasteiger charge is -2.60. The smallest absolute Gasteiger partial charge is 0.187 e. The van der Waals surface area contributed by atoms with Gasteiger partial charge in [-0.15, -0.1) is 0 Å². The fourth-order valence-electron chi connectivity index (χ4n) is 12.2. The minimum atomic E-state index is -2.06. The lowest BCUT2D eigenvalue weighted by atomic mass is 9.51. The van der Waals surface area contributed by atoms with E-state index in [-0.39, 0.29) is 64.2 Å². The molecule has 274 valence electrons. The van der Waals surface area contributed by atoms with Gasteiger partial charge in [0.1, 0.15) is 40.9 Å². The zero-order chi connectivity index (χ0) is 34.7. The van der Waals surface area contributed by atoms with Crippen molar-refractivity contribution in [3.05, 3.63) is 35.1 Å². The molecule has 11 rings (SSSR count). The van der Waals surface area contributed by atoms with Gasteiger partial charge in [0.15, 0.2) is 12.1 Å². The quantitative estimate of drug-likeness (QED) is 0.155. The lowest BCUT2D eigenvalue weighted by Crippen LogP contribution is -2.71. The van der Waals surface area contributed by atoms with Crippen LogP contribution in [0.15, 0.2) is 35.1 Å². The molecule has 13 heteroatoms. The van der Waals surface area contributed by atoms with E-state index in [9.17, 15) is 30.3 Å². The fraction of sp³-hybridized carbons (Fsp3) is 0.784. The summed E-state index contributed by atoms with van der Waals surface area (Å²) in [5.74, 6) is -1.97. The highest BCUT2D eigenvalue weighted by atomic mass is 33.1. The molecule has 11 nitrogen and oxygen atoms in total. The molecule has 8 fully saturated rings. The summed E-state index contributed by atoms with van der Waals surface area (Å²) in [6, 6.07) is 0. The maximum Gasteiger partial charge on any atom is 0.187 e. The van der Waals surface area contributed by atoms with Gasteiger partial charge in [-0.05, 0) is 81.7 Å². The monoisotopic (exact) mass is 730 g/mol. The normalized spacial score (nSPS) is 53.0. The Morgan fingerprint density at radius 1 is 1.04 bits per heavy atom. The van der Waals surface area contributed by atoms with E-state index in [1.807, 2.05) is 13.0 Å². The van der Waals surface area contributed by atoms with Crippen LogP contribution < -0.4 is 10.6 Å². The summed E-state index contributed by atoms with van der Waals surface area (Å²) < 4.78 is 12.6. The van der Waals surface area contributed by atoms with E-state index < -0.39 is 66.1 Å². The van der Waals surface area contributed by atoms with Crippen molar-refractivity contribution in [1.29, 1.82) is 0 Å². The number of aliphatic hydroxyl groups is 5. The molecule has 0 aromatic heterocycles. The van der Waals surface area contributed by atoms with E-state index >= 15 is 4.79 Å². The number of piperidine rings is 2. The number of aliphatic hydroxyl groups excluding tert-OH is 4. The van der Waals surface area contributed by atoms with Gasteiger partial charge >= 0.3 is 0 Å². The minimum Gasteiger partial charge on any atom is -0.511 e. The molecule has 10 bridgehead atoms. The van der Waals surface area contributed by atoms with Crippen LogP contribution in [0.4, 0.5) is 0 Å². The number of hydrogen-bond donors (Lipinski definition) is 7. The van der Waals surface area contributed by atoms with Crippen LogP contribution in [-0.2, 0) is 19.1 Å². The molecule has 7 N–H and O–H groups in total. The molecule has 2 spiro atoms. The summed E-state index contributed by atoms with van der Waals surface area (Å²) in [6.45, 7) is 2.03. The lowest BCUT2D eigenvalue weighted by molar-refractivity contribution is -0.351. The van der Waals surface area contributed by atoms with E-state index in [4.69, 9.17) is 9.47 Å². The second kappa shape index (κ2) is 12.4. The summed E-state index contributed by atoms with van der Waals surface area (Å²) in [4.78, 5) is 29.4. The van der Waals surface area contributed by atoms with Gasteiger partial charge < -0.3 is 40.3 Å². The summed E-state index contributed by atoms with van der Waals surface area (Å²) in [5, 5.41) is 66.2. The second-order valence-corrected chi connectivity index (χ2v) is 19.3. The third kappa shape index (κ3) is 4.80. The molecule has 0 aromatic carbocycles. The Hall–Kier alpha value is -1.26. The van der Waals surface area contributed by atoms with Crippen LogP contribution in [-0.4, -0.2) is 104 Å². The zero-order valence-corrected chi connectivity index (χ0v) is 30.0. The Balaban J connectivity index is 1.18. The van der Waals surface area contributed by atoms with Gasteiger partial charge in [-0.2, -0.15) is 0 Å². The molecular formula is C37H50N2O9S2. The molecule has 5 saturated heterocycles. The van der Waals surface area contributed by atoms with Crippen molar-refractivity contribution in [3.8, 4) is 0 Å². The van der Waals surface area contributed by atoms with Crippen LogP contribution >= 0.6 is 21.6 Å². The first kappa shape index (κ1) is 34.5. The number of carbonyl (C=O) groups is 2. The van der Waals surface area contributed by atoms with Crippen molar-refractivity contribution in [2.24, 2.45) is 46.3 Å². The predicted octanol–water partition coefficient (Wildman–Crippen LogP) is 2.50. The van der Waals surface area contributed by atoms with Crippen molar-refractivity contribution < 1.29 is 44.6 Å². The molecule has 16 unspecified atom stereocenters. The van der Waals surface area contributed by atoms with Gasteiger partial charge in [0.05, 0.1) is 36.1 Å². The topological polar surface area (TPSA) is 178 Å². The Morgan fingerprint density at radius 2 is 1.88 bits per heavy atom. The van der Waals surface area contributed by atoms with Crippen molar-refractivity contribution in [1.82, 2.24) is 10.6 Å². The number of nitrogens with one attached hydrogen (secondary N) is 2. The van der Waals surface area contributed by atoms with Crippen LogP contribution in [0.3, 0.4) is 0 Å². The number of ketones is 2. The van der Waals surface area contributed by atoms with Crippen molar-refractivity contribution >= 4 is 33.2 Å². The second-order valence-electron chi connectivity index (χ2n) is 16.7. The number of rotatable bonds is 1. The third-order valence-corrected chi connectivity index (χ3v) is 17.1. The first-order valence-electron chi connectivity index (χ1n) is 18.7. The molecule has 5 aliphatic carbocycles. The minimum absolute atomic E-state index is 0.00858. The summed E-state index contributed by atoms with van der Waals surface area (Å²) in [6.07, 6.45) is 5.30. The van der Waals surface area contributed by atoms with Gasteiger partial charge in [-0.3, -0.25) is 14.9 Å². The Labute approximate surface area is 300 Å². The largest absolute Gasteiger partial charge is 0.511 e. The molecular weight excluding hydrogens is 681 g/mol. The Kier molecular flexibility index (Phi) is 8.55. The molecule has 0 amide bonds. The van der Waals surface area contributed by atoms with E-state index in [0.717, 1.165) is 44.2 Å². The van der Waals surface area contributed by atoms with Gasteiger partial charge in [0.2, 0.25) is 0 Å². The van der Waals surface area contributed by atoms with Gasteiger partial charge in [0, 0.05) is 17.6 Å². The summed E-state index contributed by atoms with van der Waals surface area (Å²) in [5.41, 5.74) is -1.78. The van der Waals surface area contributed by atoms with Crippen molar-refractivity contribution in [2.45, 2.75) is 113 Å². The molecule has 11 aliphatic rings. The van der Waals surface area contributed by atoms with Gasteiger partial charge in [0.25, 0.3) is 0 Å². The van der Waals surface area contributed by atoms with E-state index in [1.54, 1.807) is 16.9 Å². The van der Waals surface area contributed by atoms with Gasteiger partial charge in [-0.1, -0.05) is 57.7 Å². The first-order chi connectivity index (χ1) is 24.0. The molecule has 0 radical (unpaired) electrons. The Morgan fingerprint density at radius 3 is 2.70 bits per heavy atom. The van der Waals surface area contributed by atoms with Crippen molar-refractivity contribution in [3.63, 3.8) is 0 Å². The van der Waals surface area contributed by atoms with Crippen LogP contribution in [0.5, 0.6) is 0 Å². The average Bonchev–Trinajstić information content (AvgIpc) is 3.51. The molecule has 16 atom stereocenters. The predicted molar refractivity (Wildman–Crippen MR) is 186 cm³/mol. The van der Waals surface area contributed by atoms with Crippen LogP contribution in [0.1, 0.15) is 64.7 Å². The summed E-state index contributed by atoms with van der Waals surface area (Å²) >= 11 is 0. The van der Waals surface area contributed by atoms with Crippen LogP contribution in [0.25, 0.3) is 0 Å².